The fourth-order valence-corrected chi connectivity index (χ4v) is 2.26. The third kappa shape index (κ3) is 1.12. The Hall–Kier alpha value is -1.74. The van der Waals surface area contributed by atoms with Gasteiger partial charge < -0.3 is 15.6 Å². The first-order chi connectivity index (χ1) is 7.59. The highest BCUT2D eigenvalue weighted by Gasteiger charge is 2.31. The number of aliphatic hydroxyl groups is 1. The van der Waals surface area contributed by atoms with Crippen molar-refractivity contribution in [1.82, 2.24) is 0 Å². The lowest BCUT2D eigenvalue weighted by Crippen LogP contribution is -2.32. The summed E-state index contributed by atoms with van der Waals surface area (Å²) in [6.45, 7) is 2.04. The molecule has 1 atom stereocenters. The van der Waals surface area contributed by atoms with Crippen LogP contribution < -0.4 is 10.5 Å². The smallest absolute Gasteiger partial charge is 0.127 e. The molecule has 0 radical (unpaired) electrons. The van der Waals surface area contributed by atoms with E-state index in [4.69, 9.17) is 10.5 Å². The predicted octanol–water partition coefficient (Wildman–Crippen LogP) is 2.02. The van der Waals surface area contributed by atoms with Crippen molar-refractivity contribution in [1.29, 1.82) is 0 Å². The Morgan fingerprint density at radius 2 is 2.12 bits per heavy atom. The summed E-state index contributed by atoms with van der Waals surface area (Å²) < 4.78 is 5.56. The summed E-state index contributed by atoms with van der Waals surface area (Å²) in [6.07, 6.45) is 0. The summed E-state index contributed by atoms with van der Waals surface area (Å²) in [5.74, 6) is 0.798. The highest BCUT2D eigenvalue weighted by Crippen LogP contribution is 2.41. The quantitative estimate of drug-likeness (QED) is 0.661. The van der Waals surface area contributed by atoms with Gasteiger partial charge in [0.15, 0.2) is 0 Å². The largest absolute Gasteiger partial charge is 0.490 e. The fraction of sp³-hybridized carbons (Fsp3) is 0.231. The van der Waals surface area contributed by atoms with Crippen molar-refractivity contribution in [2.75, 3.05) is 12.3 Å². The number of hydrogen-bond acceptors (Lipinski definition) is 3. The highest BCUT2D eigenvalue weighted by molar-refractivity contribution is 6.00. The molecule has 1 aliphatic heterocycles. The summed E-state index contributed by atoms with van der Waals surface area (Å²) >= 11 is 0. The minimum atomic E-state index is -0.944. The van der Waals surface area contributed by atoms with Crippen molar-refractivity contribution in [2.24, 2.45) is 0 Å². The van der Waals surface area contributed by atoms with Gasteiger partial charge in [0.1, 0.15) is 18.0 Å². The van der Waals surface area contributed by atoms with Gasteiger partial charge in [-0.15, -0.1) is 0 Å². The second-order valence-corrected chi connectivity index (χ2v) is 4.44. The minimum Gasteiger partial charge on any atom is -0.490 e. The van der Waals surface area contributed by atoms with Gasteiger partial charge >= 0.3 is 0 Å². The monoisotopic (exact) mass is 215 g/mol. The summed E-state index contributed by atoms with van der Waals surface area (Å²) in [7, 11) is 0. The highest BCUT2D eigenvalue weighted by atomic mass is 16.5. The zero-order valence-electron chi connectivity index (χ0n) is 9.03. The van der Waals surface area contributed by atoms with Gasteiger partial charge in [-0.3, -0.25) is 0 Å². The molecule has 3 nitrogen and oxygen atoms in total. The van der Waals surface area contributed by atoms with Gasteiger partial charge in [-0.1, -0.05) is 18.2 Å². The molecule has 82 valence electrons. The van der Waals surface area contributed by atoms with Crippen LogP contribution in [0.1, 0.15) is 12.5 Å². The summed E-state index contributed by atoms with van der Waals surface area (Å²) in [4.78, 5) is 0. The van der Waals surface area contributed by atoms with Gasteiger partial charge in [0.25, 0.3) is 0 Å². The van der Waals surface area contributed by atoms with Crippen LogP contribution in [-0.2, 0) is 5.60 Å². The van der Waals surface area contributed by atoms with E-state index in [9.17, 15) is 5.11 Å². The Morgan fingerprint density at radius 3 is 2.94 bits per heavy atom. The minimum absolute atomic E-state index is 0.281. The van der Waals surface area contributed by atoms with E-state index in [1.54, 1.807) is 6.92 Å². The van der Waals surface area contributed by atoms with Crippen molar-refractivity contribution in [2.45, 2.75) is 12.5 Å². The first-order valence-corrected chi connectivity index (χ1v) is 5.26. The second kappa shape index (κ2) is 2.89. The molecule has 1 aliphatic rings. The van der Waals surface area contributed by atoms with Crippen LogP contribution in [0.5, 0.6) is 5.75 Å². The molecule has 0 saturated heterocycles. The molecule has 2 aromatic carbocycles. The van der Waals surface area contributed by atoms with Crippen molar-refractivity contribution in [3.63, 3.8) is 0 Å². The molecule has 0 saturated carbocycles. The zero-order valence-corrected chi connectivity index (χ0v) is 9.03. The summed E-state index contributed by atoms with van der Waals surface area (Å²) in [5, 5.41) is 12.1. The fourth-order valence-electron chi connectivity index (χ4n) is 2.26. The average Bonchev–Trinajstić information content (AvgIpc) is 2.27. The van der Waals surface area contributed by atoms with Gasteiger partial charge in [-0.25, -0.2) is 0 Å². The van der Waals surface area contributed by atoms with E-state index in [0.717, 1.165) is 22.1 Å². The van der Waals surface area contributed by atoms with E-state index in [-0.39, 0.29) is 6.61 Å². The maximum absolute atomic E-state index is 10.3. The average molecular weight is 215 g/mol. The third-order valence-electron chi connectivity index (χ3n) is 3.13. The number of nitrogen functional groups attached to an aromatic ring is 1. The Bertz CT molecular complexity index is 575. The molecule has 0 spiro atoms. The molecule has 3 heteroatoms. The van der Waals surface area contributed by atoms with Crippen LogP contribution in [0.4, 0.5) is 5.69 Å². The molecule has 1 unspecified atom stereocenters. The summed E-state index contributed by atoms with van der Waals surface area (Å²) in [5.41, 5.74) is 6.58. The lowest BCUT2D eigenvalue weighted by atomic mass is 9.89. The number of anilines is 1. The lowest BCUT2D eigenvalue weighted by molar-refractivity contribution is 0.00378. The van der Waals surface area contributed by atoms with E-state index in [2.05, 4.69) is 0 Å². The maximum Gasteiger partial charge on any atom is 0.127 e. The van der Waals surface area contributed by atoms with Crippen molar-refractivity contribution in [3.8, 4) is 5.75 Å². The Kier molecular flexibility index (Phi) is 1.71. The van der Waals surface area contributed by atoms with Crippen LogP contribution in [-0.4, -0.2) is 11.7 Å². The molecule has 0 fully saturated rings. The molecule has 2 aromatic rings. The van der Waals surface area contributed by atoms with Crippen LogP contribution >= 0.6 is 0 Å². The molecule has 0 amide bonds. The molecule has 3 rings (SSSR count). The standard InChI is InChI=1S/C13H13NO2/c1-13(15)7-16-11-6-5-10(14)8-3-2-4-9(13)12(8)11/h2-6,15H,7,14H2,1H3. The molecule has 1 heterocycles. The van der Waals surface area contributed by atoms with E-state index in [0.29, 0.717) is 5.69 Å². The van der Waals surface area contributed by atoms with Crippen LogP contribution in [0, 0.1) is 0 Å². The van der Waals surface area contributed by atoms with Crippen molar-refractivity contribution < 1.29 is 9.84 Å². The van der Waals surface area contributed by atoms with Crippen molar-refractivity contribution >= 4 is 16.5 Å². The topological polar surface area (TPSA) is 55.5 Å². The Morgan fingerprint density at radius 1 is 1.31 bits per heavy atom. The first kappa shape index (κ1) is 9.48. The van der Waals surface area contributed by atoms with Crippen LogP contribution in [0.15, 0.2) is 30.3 Å². The normalized spacial score (nSPS) is 23.1. The molecule has 0 bridgehead atoms. The van der Waals surface area contributed by atoms with E-state index < -0.39 is 5.60 Å². The third-order valence-corrected chi connectivity index (χ3v) is 3.13. The SMILES string of the molecule is CC1(O)COc2ccc(N)c3cccc1c23. The second-order valence-electron chi connectivity index (χ2n) is 4.44. The predicted molar refractivity (Wildman–Crippen MR) is 63.4 cm³/mol. The van der Waals surface area contributed by atoms with Gasteiger partial charge in [0.05, 0.1) is 0 Å². The number of nitrogens with two attached hydrogens (primary N) is 1. The van der Waals surface area contributed by atoms with Gasteiger partial charge in [0.2, 0.25) is 0 Å². The van der Waals surface area contributed by atoms with E-state index in [1.165, 1.54) is 0 Å². The first-order valence-electron chi connectivity index (χ1n) is 5.26. The van der Waals surface area contributed by atoms with Crippen LogP contribution in [0.25, 0.3) is 10.8 Å². The van der Waals surface area contributed by atoms with Gasteiger partial charge in [0, 0.05) is 16.5 Å². The van der Waals surface area contributed by atoms with E-state index in [1.807, 2.05) is 30.3 Å². The molecule has 0 aromatic heterocycles. The lowest BCUT2D eigenvalue weighted by Gasteiger charge is -2.31. The molecule has 0 aliphatic carbocycles. The molecule has 16 heavy (non-hydrogen) atoms. The molecule has 3 N–H and O–H groups in total. The van der Waals surface area contributed by atoms with Gasteiger partial charge in [-0.2, -0.15) is 0 Å². The Labute approximate surface area is 93.4 Å². The number of hydrogen-bond donors (Lipinski definition) is 2. The Balaban J connectivity index is 2.49. The molecular formula is C13H13NO2. The van der Waals surface area contributed by atoms with Crippen LogP contribution in [0.3, 0.4) is 0 Å². The van der Waals surface area contributed by atoms with E-state index >= 15 is 0 Å². The summed E-state index contributed by atoms with van der Waals surface area (Å²) in [6, 6.07) is 9.48. The zero-order chi connectivity index (χ0) is 11.3. The number of rotatable bonds is 0. The number of ether oxygens (including phenoxy) is 1. The van der Waals surface area contributed by atoms with Crippen molar-refractivity contribution in [3.05, 3.63) is 35.9 Å². The van der Waals surface area contributed by atoms with Crippen LogP contribution in [0.2, 0.25) is 0 Å². The molecular weight excluding hydrogens is 202 g/mol. The maximum atomic E-state index is 10.3. The van der Waals surface area contributed by atoms with Gasteiger partial charge in [-0.05, 0) is 24.6 Å². The number of benzene rings is 2.